The minimum absolute atomic E-state index is 0.0465. The van der Waals surface area contributed by atoms with E-state index in [1.54, 1.807) is 13.1 Å². The Labute approximate surface area is 143 Å². The molecule has 3 aliphatic rings. The molecular formula is C17H20F4N2O2. The van der Waals surface area contributed by atoms with Crippen LogP contribution in [0.5, 0.6) is 11.5 Å². The molecule has 1 unspecified atom stereocenters. The molecule has 2 saturated heterocycles. The van der Waals surface area contributed by atoms with Gasteiger partial charge in [-0.2, -0.15) is 0 Å². The summed E-state index contributed by atoms with van der Waals surface area (Å²) in [5.41, 5.74) is 0.199. The highest BCUT2D eigenvalue weighted by Crippen LogP contribution is 2.53. The first kappa shape index (κ1) is 16.9. The molecule has 138 valence electrons. The highest BCUT2D eigenvalue weighted by Gasteiger charge is 2.57. The zero-order valence-corrected chi connectivity index (χ0v) is 13.8. The number of alkyl halides is 4. The van der Waals surface area contributed by atoms with Crippen LogP contribution in [-0.4, -0.2) is 49.7 Å². The highest BCUT2D eigenvalue weighted by atomic mass is 19.3. The quantitative estimate of drug-likeness (QED) is 0.837. The van der Waals surface area contributed by atoms with Crippen LogP contribution in [0.3, 0.4) is 0 Å². The van der Waals surface area contributed by atoms with Crippen molar-refractivity contribution in [1.82, 2.24) is 10.2 Å². The highest BCUT2D eigenvalue weighted by molar-refractivity contribution is 5.46. The van der Waals surface area contributed by atoms with Gasteiger partial charge in [0.2, 0.25) is 0 Å². The Bertz CT molecular complexity index is 674. The number of fused-ring (bicyclic) bond motifs is 2. The molecule has 0 bridgehead atoms. The molecule has 4 rings (SSSR count). The molecule has 0 spiro atoms. The molecule has 0 radical (unpaired) electrons. The number of hydrogen-bond donors (Lipinski definition) is 1. The van der Waals surface area contributed by atoms with Crippen molar-refractivity contribution in [3.05, 3.63) is 23.8 Å². The lowest BCUT2D eigenvalue weighted by atomic mass is 9.87. The van der Waals surface area contributed by atoms with Gasteiger partial charge in [-0.3, -0.25) is 9.29 Å². The average molecular weight is 360 g/mol. The van der Waals surface area contributed by atoms with Crippen LogP contribution in [-0.2, 0) is 0 Å². The maximum atomic E-state index is 14.1. The zero-order chi connectivity index (χ0) is 17.8. The number of nitrogens with zero attached hydrogens (tertiary/aromatic N) is 1. The van der Waals surface area contributed by atoms with Crippen molar-refractivity contribution in [1.29, 1.82) is 0 Å². The van der Waals surface area contributed by atoms with Crippen molar-refractivity contribution >= 4 is 0 Å². The second-order valence-electron chi connectivity index (χ2n) is 7.15. The van der Waals surface area contributed by atoms with Crippen molar-refractivity contribution < 1.29 is 27.0 Å². The molecule has 2 fully saturated rings. The monoisotopic (exact) mass is 360 g/mol. The van der Waals surface area contributed by atoms with E-state index in [1.165, 1.54) is 12.1 Å². The summed E-state index contributed by atoms with van der Waals surface area (Å²) < 4.78 is 63.3. The maximum absolute atomic E-state index is 14.1. The molecule has 0 aliphatic carbocycles. The molecule has 4 atom stereocenters. The van der Waals surface area contributed by atoms with Crippen LogP contribution in [0.4, 0.5) is 17.6 Å². The summed E-state index contributed by atoms with van der Waals surface area (Å²) in [5, 5.41) is 3.09. The lowest BCUT2D eigenvalue weighted by molar-refractivity contribution is -0.286. The normalized spacial score (nSPS) is 36.0. The summed E-state index contributed by atoms with van der Waals surface area (Å²) >= 11 is 0. The number of hydrogen-bond acceptors (Lipinski definition) is 4. The predicted octanol–water partition coefficient (Wildman–Crippen LogP) is 3.04. The van der Waals surface area contributed by atoms with E-state index in [4.69, 9.17) is 0 Å². The number of likely N-dealkylation sites (N-methyl/N-ethyl adjacent to an activating group) is 1. The lowest BCUT2D eigenvalue weighted by Crippen LogP contribution is -2.46. The number of ether oxygens (including phenoxy) is 2. The summed E-state index contributed by atoms with van der Waals surface area (Å²) in [5.74, 6) is -0.432. The third-order valence-corrected chi connectivity index (χ3v) is 5.50. The van der Waals surface area contributed by atoms with Crippen LogP contribution in [0.1, 0.15) is 24.4 Å². The Balaban J connectivity index is 1.69. The van der Waals surface area contributed by atoms with E-state index in [-0.39, 0.29) is 30.0 Å². The van der Waals surface area contributed by atoms with Gasteiger partial charge in [0, 0.05) is 30.6 Å². The van der Waals surface area contributed by atoms with E-state index in [0.717, 1.165) is 0 Å². The van der Waals surface area contributed by atoms with Gasteiger partial charge in [0.15, 0.2) is 11.5 Å². The Morgan fingerprint density at radius 1 is 1.24 bits per heavy atom. The molecule has 4 nitrogen and oxygen atoms in total. The Hall–Kier alpha value is -1.54. The summed E-state index contributed by atoms with van der Waals surface area (Å²) in [7, 11) is 1.79. The first-order chi connectivity index (χ1) is 11.9. The SMILES string of the molecule is CNC[C@@]12CC(F)CN1[C@@H](c1ccc3c(c1)OC(F)(F)O3)[C@@H](CF)C2. The molecule has 0 aromatic heterocycles. The van der Waals surface area contributed by atoms with E-state index in [0.29, 0.717) is 24.9 Å². The number of benzene rings is 1. The third-order valence-electron chi connectivity index (χ3n) is 5.50. The van der Waals surface area contributed by atoms with E-state index < -0.39 is 24.7 Å². The van der Waals surface area contributed by atoms with Gasteiger partial charge in [0.05, 0.1) is 6.67 Å². The van der Waals surface area contributed by atoms with E-state index in [2.05, 4.69) is 14.8 Å². The van der Waals surface area contributed by atoms with Crippen LogP contribution < -0.4 is 14.8 Å². The molecule has 0 amide bonds. The molecule has 8 heteroatoms. The molecule has 1 aromatic rings. The number of nitrogens with one attached hydrogen (secondary N) is 1. The van der Waals surface area contributed by atoms with Gasteiger partial charge in [0.1, 0.15) is 6.17 Å². The Kier molecular flexibility index (Phi) is 3.88. The van der Waals surface area contributed by atoms with Gasteiger partial charge in [-0.1, -0.05) is 6.07 Å². The fourth-order valence-electron chi connectivity index (χ4n) is 4.78. The summed E-state index contributed by atoms with van der Waals surface area (Å²) in [6.07, 6.45) is -3.79. The van der Waals surface area contributed by atoms with Gasteiger partial charge in [-0.15, -0.1) is 8.78 Å². The minimum Gasteiger partial charge on any atom is -0.395 e. The average Bonchev–Trinajstić information content (AvgIpc) is 3.10. The van der Waals surface area contributed by atoms with Crippen molar-refractivity contribution in [3.63, 3.8) is 0 Å². The summed E-state index contributed by atoms with van der Waals surface area (Å²) in [6.45, 7) is 0.227. The Morgan fingerprint density at radius 3 is 2.72 bits per heavy atom. The number of rotatable bonds is 4. The molecule has 25 heavy (non-hydrogen) atoms. The van der Waals surface area contributed by atoms with Gasteiger partial charge < -0.3 is 14.8 Å². The van der Waals surface area contributed by atoms with Crippen molar-refractivity contribution in [2.45, 2.75) is 36.9 Å². The standard InChI is InChI=1S/C17H20F4N2O2/c1-22-9-16-5-11(7-18)15(23(16)8-12(19)6-16)10-2-3-13-14(4-10)25-17(20,21)24-13/h2-4,11-12,15,22H,5-9H2,1H3/t11-,12?,15+,16-/m1/s1. The molecule has 3 heterocycles. The van der Waals surface area contributed by atoms with Gasteiger partial charge in [-0.25, -0.2) is 4.39 Å². The third kappa shape index (κ3) is 2.66. The van der Waals surface area contributed by atoms with Crippen molar-refractivity contribution in [2.75, 3.05) is 26.8 Å². The second kappa shape index (κ2) is 5.74. The molecular weight excluding hydrogens is 340 g/mol. The maximum Gasteiger partial charge on any atom is 0.586 e. The largest absolute Gasteiger partial charge is 0.586 e. The lowest BCUT2D eigenvalue weighted by Gasteiger charge is -2.34. The van der Waals surface area contributed by atoms with Crippen molar-refractivity contribution in [3.8, 4) is 11.5 Å². The van der Waals surface area contributed by atoms with Crippen LogP contribution in [0.15, 0.2) is 18.2 Å². The molecule has 1 aromatic carbocycles. The summed E-state index contributed by atoms with van der Waals surface area (Å²) in [4.78, 5) is 1.99. The fourth-order valence-corrected chi connectivity index (χ4v) is 4.78. The van der Waals surface area contributed by atoms with E-state index >= 15 is 0 Å². The minimum atomic E-state index is -3.69. The number of halogens is 4. The van der Waals surface area contributed by atoms with Gasteiger partial charge in [-0.05, 0) is 37.6 Å². The molecule has 1 N–H and O–H groups in total. The van der Waals surface area contributed by atoms with Crippen LogP contribution in [0.25, 0.3) is 0 Å². The first-order valence-corrected chi connectivity index (χ1v) is 8.39. The van der Waals surface area contributed by atoms with Crippen molar-refractivity contribution in [2.24, 2.45) is 5.92 Å². The fraction of sp³-hybridized carbons (Fsp3) is 0.647. The molecule has 0 saturated carbocycles. The first-order valence-electron chi connectivity index (χ1n) is 8.39. The van der Waals surface area contributed by atoms with E-state index in [1.807, 2.05) is 4.90 Å². The smallest absolute Gasteiger partial charge is 0.395 e. The summed E-state index contributed by atoms with van der Waals surface area (Å²) in [6, 6.07) is 4.13. The van der Waals surface area contributed by atoms with Crippen LogP contribution >= 0.6 is 0 Å². The van der Waals surface area contributed by atoms with Crippen LogP contribution in [0, 0.1) is 5.92 Å². The molecule has 3 aliphatic heterocycles. The van der Waals surface area contributed by atoms with Crippen LogP contribution in [0.2, 0.25) is 0 Å². The topological polar surface area (TPSA) is 33.7 Å². The van der Waals surface area contributed by atoms with E-state index in [9.17, 15) is 17.6 Å². The van der Waals surface area contributed by atoms with Gasteiger partial charge in [0.25, 0.3) is 0 Å². The zero-order valence-electron chi connectivity index (χ0n) is 13.8. The Morgan fingerprint density at radius 2 is 2.00 bits per heavy atom. The van der Waals surface area contributed by atoms with Gasteiger partial charge >= 0.3 is 6.29 Å². The predicted molar refractivity (Wildman–Crippen MR) is 82.3 cm³/mol. The second-order valence-corrected chi connectivity index (χ2v) is 7.15.